The van der Waals surface area contributed by atoms with Crippen molar-refractivity contribution in [2.24, 2.45) is 0 Å². The molecule has 0 fully saturated rings. The normalized spacial score (nSPS) is 20.1. The molecule has 1 atom stereocenters. The van der Waals surface area contributed by atoms with Gasteiger partial charge in [0.1, 0.15) is 0 Å². The summed E-state index contributed by atoms with van der Waals surface area (Å²) in [6, 6.07) is 8.13. The minimum atomic E-state index is -0.171. The molecule has 5 heteroatoms. The summed E-state index contributed by atoms with van der Waals surface area (Å²) in [5.74, 6) is 0.0283. The summed E-state index contributed by atoms with van der Waals surface area (Å²) in [5, 5.41) is 7.09. The summed E-state index contributed by atoms with van der Waals surface area (Å²) in [6.45, 7) is 0.753. The van der Waals surface area contributed by atoms with E-state index in [9.17, 15) is 4.79 Å². The molecule has 114 valence electrons. The average molecular weight is 313 g/mol. The van der Waals surface area contributed by atoms with E-state index >= 15 is 0 Å². The Hall–Kier alpha value is -1.72. The highest BCUT2D eigenvalue weighted by molar-refractivity contribution is 7.15. The zero-order valence-corrected chi connectivity index (χ0v) is 13.2. The van der Waals surface area contributed by atoms with E-state index in [1.807, 2.05) is 12.1 Å². The second-order valence-corrected chi connectivity index (χ2v) is 7.08. The van der Waals surface area contributed by atoms with Crippen molar-refractivity contribution in [1.82, 2.24) is 10.3 Å². The Bertz CT molecular complexity index is 686. The maximum absolute atomic E-state index is 12.5. The van der Waals surface area contributed by atoms with E-state index in [0.29, 0.717) is 0 Å². The Morgan fingerprint density at radius 2 is 2.05 bits per heavy atom. The third-order valence-corrected chi connectivity index (χ3v) is 5.55. The molecule has 4 rings (SSSR count). The van der Waals surface area contributed by atoms with E-state index in [0.717, 1.165) is 30.9 Å². The van der Waals surface area contributed by atoms with Crippen molar-refractivity contribution < 1.29 is 4.79 Å². The van der Waals surface area contributed by atoms with Crippen molar-refractivity contribution in [3.8, 4) is 0 Å². The van der Waals surface area contributed by atoms with Gasteiger partial charge in [0, 0.05) is 11.4 Å². The maximum Gasteiger partial charge on any atom is 0.243 e. The fourth-order valence-corrected chi connectivity index (χ4v) is 4.29. The standard InChI is InChI=1S/C17H19N3OS/c21-16(14-9-11-5-1-2-6-12(11)10-18-14)20-17-19-13-7-3-4-8-15(13)22-17/h1-2,5-6,14,18H,3-4,7-10H2,(H,19,20,21). The lowest BCUT2D eigenvalue weighted by atomic mass is 9.95. The van der Waals surface area contributed by atoms with Crippen LogP contribution in [-0.4, -0.2) is 16.9 Å². The number of amides is 1. The van der Waals surface area contributed by atoms with Gasteiger partial charge < -0.3 is 10.6 Å². The number of nitrogens with zero attached hydrogens (tertiary/aromatic N) is 1. The molecular weight excluding hydrogens is 294 g/mol. The van der Waals surface area contributed by atoms with Crippen LogP contribution in [0.25, 0.3) is 0 Å². The quantitative estimate of drug-likeness (QED) is 0.896. The molecule has 0 bridgehead atoms. The lowest BCUT2D eigenvalue weighted by Crippen LogP contribution is -2.44. The van der Waals surface area contributed by atoms with Gasteiger partial charge in [0.2, 0.25) is 5.91 Å². The molecule has 0 saturated heterocycles. The molecule has 1 aliphatic carbocycles. The zero-order valence-electron chi connectivity index (χ0n) is 12.4. The fourth-order valence-electron chi connectivity index (χ4n) is 3.24. The van der Waals surface area contributed by atoms with Gasteiger partial charge in [-0.15, -0.1) is 11.3 Å². The minimum absolute atomic E-state index is 0.0283. The van der Waals surface area contributed by atoms with Gasteiger partial charge in [-0.25, -0.2) is 4.98 Å². The minimum Gasteiger partial charge on any atom is -0.301 e. The van der Waals surface area contributed by atoms with Gasteiger partial charge >= 0.3 is 0 Å². The first-order chi connectivity index (χ1) is 10.8. The summed E-state index contributed by atoms with van der Waals surface area (Å²) >= 11 is 1.64. The monoisotopic (exact) mass is 313 g/mol. The third kappa shape index (κ3) is 2.66. The topological polar surface area (TPSA) is 54.0 Å². The SMILES string of the molecule is O=C(Nc1nc2c(s1)CCCC2)C1Cc2ccccc2CN1. The number of hydrogen-bond acceptors (Lipinski definition) is 4. The molecule has 1 unspecified atom stereocenters. The van der Waals surface area contributed by atoms with Crippen molar-refractivity contribution in [2.75, 3.05) is 5.32 Å². The van der Waals surface area contributed by atoms with Crippen LogP contribution in [0.5, 0.6) is 0 Å². The molecular formula is C17H19N3OS. The first-order valence-electron chi connectivity index (χ1n) is 7.89. The molecule has 1 aromatic carbocycles. The number of anilines is 1. The predicted molar refractivity (Wildman–Crippen MR) is 88.2 cm³/mol. The lowest BCUT2D eigenvalue weighted by molar-refractivity contribution is -0.118. The lowest BCUT2D eigenvalue weighted by Gasteiger charge is -2.24. The Balaban J connectivity index is 1.45. The second-order valence-electron chi connectivity index (χ2n) is 5.99. The first kappa shape index (κ1) is 13.9. The molecule has 0 radical (unpaired) electrons. The van der Waals surface area contributed by atoms with Crippen LogP contribution < -0.4 is 10.6 Å². The highest BCUT2D eigenvalue weighted by atomic mass is 32.1. The molecule has 4 nitrogen and oxygen atoms in total. The predicted octanol–water partition coefficient (Wildman–Crippen LogP) is 2.67. The number of carbonyl (C=O) groups excluding carboxylic acids is 1. The van der Waals surface area contributed by atoms with Crippen LogP contribution in [-0.2, 0) is 30.6 Å². The Morgan fingerprint density at radius 1 is 1.23 bits per heavy atom. The molecule has 2 aromatic rings. The number of fused-ring (bicyclic) bond motifs is 2. The molecule has 1 aromatic heterocycles. The number of nitrogens with one attached hydrogen (secondary N) is 2. The van der Waals surface area contributed by atoms with E-state index in [-0.39, 0.29) is 11.9 Å². The highest BCUT2D eigenvalue weighted by Gasteiger charge is 2.25. The van der Waals surface area contributed by atoms with E-state index in [1.54, 1.807) is 11.3 Å². The van der Waals surface area contributed by atoms with Gasteiger partial charge in [-0.3, -0.25) is 4.79 Å². The van der Waals surface area contributed by atoms with Crippen LogP contribution in [0.3, 0.4) is 0 Å². The first-order valence-corrected chi connectivity index (χ1v) is 8.71. The molecule has 2 N–H and O–H groups in total. The van der Waals surface area contributed by atoms with Crippen LogP contribution in [0, 0.1) is 0 Å². The number of benzene rings is 1. The molecule has 0 saturated carbocycles. The number of carbonyl (C=O) groups is 1. The third-order valence-electron chi connectivity index (χ3n) is 4.47. The van der Waals surface area contributed by atoms with E-state index in [1.165, 1.54) is 34.5 Å². The van der Waals surface area contributed by atoms with Crippen LogP contribution >= 0.6 is 11.3 Å². The van der Waals surface area contributed by atoms with E-state index in [4.69, 9.17) is 0 Å². The number of thiazole rings is 1. The second kappa shape index (κ2) is 5.82. The summed E-state index contributed by atoms with van der Waals surface area (Å²) in [5.41, 5.74) is 3.74. The number of aromatic nitrogens is 1. The van der Waals surface area contributed by atoms with Gasteiger partial charge in [-0.05, 0) is 43.2 Å². The van der Waals surface area contributed by atoms with Crippen LogP contribution in [0.2, 0.25) is 0 Å². The molecule has 2 aliphatic rings. The van der Waals surface area contributed by atoms with Crippen molar-refractivity contribution in [3.63, 3.8) is 0 Å². The van der Waals surface area contributed by atoms with Crippen LogP contribution in [0.1, 0.15) is 34.5 Å². The van der Waals surface area contributed by atoms with E-state index in [2.05, 4.69) is 27.8 Å². The zero-order chi connectivity index (χ0) is 14.9. The van der Waals surface area contributed by atoms with Crippen molar-refractivity contribution in [2.45, 2.75) is 44.7 Å². The smallest absolute Gasteiger partial charge is 0.243 e. The summed E-state index contributed by atoms with van der Waals surface area (Å²) in [7, 11) is 0. The maximum atomic E-state index is 12.5. The summed E-state index contributed by atoms with van der Waals surface area (Å²) in [4.78, 5) is 18.4. The largest absolute Gasteiger partial charge is 0.301 e. The molecule has 1 aliphatic heterocycles. The Labute approximate surface area is 134 Å². The summed E-state index contributed by atoms with van der Waals surface area (Å²) in [6.07, 6.45) is 5.36. The van der Waals surface area contributed by atoms with Gasteiger partial charge in [0.15, 0.2) is 5.13 Å². The van der Waals surface area contributed by atoms with Crippen molar-refractivity contribution in [3.05, 3.63) is 46.0 Å². The van der Waals surface area contributed by atoms with Crippen molar-refractivity contribution in [1.29, 1.82) is 0 Å². The van der Waals surface area contributed by atoms with Crippen LogP contribution in [0.4, 0.5) is 5.13 Å². The van der Waals surface area contributed by atoms with Gasteiger partial charge in [-0.1, -0.05) is 24.3 Å². The van der Waals surface area contributed by atoms with E-state index < -0.39 is 0 Å². The van der Waals surface area contributed by atoms with Crippen molar-refractivity contribution >= 4 is 22.4 Å². The average Bonchev–Trinajstić information content (AvgIpc) is 2.96. The Kier molecular flexibility index (Phi) is 3.68. The number of hydrogen-bond donors (Lipinski definition) is 2. The molecule has 0 spiro atoms. The molecule has 22 heavy (non-hydrogen) atoms. The van der Waals surface area contributed by atoms with Crippen LogP contribution in [0.15, 0.2) is 24.3 Å². The fraction of sp³-hybridized carbons (Fsp3) is 0.412. The molecule has 2 heterocycles. The van der Waals surface area contributed by atoms with Gasteiger partial charge in [0.05, 0.1) is 11.7 Å². The number of rotatable bonds is 2. The van der Waals surface area contributed by atoms with Gasteiger partial charge in [-0.2, -0.15) is 0 Å². The number of aryl methyl sites for hydroxylation is 2. The molecule has 1 amide bonds. The highest BCUT2D eigenvalue weighted by Crippen LogP contribution is 2.29. The Morgan fingerprint density at radius 3 is 2.91 bits per heavy atom. The summed E-state index contributed by atoms with van der Waals surface area (Å²) < 4.78 is 0. The van der Waals surface area contributed by atoms with Gasteiger partial charge in [0.25, 0.3) is 0 Å².